The molecule has 6 nitrogen and oxygen atoms in total. The summed E-state index contributed by atoms with van der Waals surface area (Å²) < 4.78 is 5.44. The van der Waals surface area contributed by atoms with Crippen LogP contribution in [0, 0.1) is 11.3 Å². The molecule has 1 saturated heterocycles. The molecule has 2 amide bonds. The van der Waals surface area contributed by atoms with Gasteiger partial charge in [-0.25, -0.2) is 0 Å². The first-order chi connectivity index (χ1) is 11.6. The fraction of sp³-hybridized carbons (Fsp3) is 0.556. The lowest BCUT2D eigenvalue weighted by molar-refractivity contribution is -0.128. The quantitative estimate of drug-likeness (QED) is 0.867. The molecule has 1 aliphatic carbocycles. The van der Waals surface area contributed by atoms with Crippen molar-refractivity contribution >= 4 is 23.2 Å². The third-order valence-electron chi connectivity index (χ3n) is 5.79. The van der Waals surface area contributed by atoms with Crippen LogP contribution in [0.15, 0.2) is 18.2 Å². The second-order valence-corrected chi connectivity index (χ2v) is 7.11. The fourth-order valence-electron chi connectivity index (χ4n) is 4.30. The predicted molar refractivity (Wildman–Crippen MR) is 91.2 cm³/mol. The van der Waals surface area contributed by atoms with E-state index >= 15 is 0 Å². The van der Waals surface area contributed by atoms with Crippen LogP contribution in [0.5, 0.6) is 5.75 Å². The molecule has 0 unspecified atom stereocenters. The van der Waals surface area contributed by atoms with Crippen molar-refractivity contribution in [1.82, 2.24) is 5.32 Å². The van der Waals surface area contributed by atoms with E-state index in [0.29, 0.717) is 17.4 Å². The van der Waals surface area contributed by atoms with Gasteiger partial charge in [0, 0.05) is 19.3 Å². The molecule has 0 aromatic heterocycles. The van der Waals surface area contributed by atoms with Crippen molar-refractivity contribution < 1.29 is 14.3 Å². The third-order valence-corrected chi connectivity index (χ3v) is 5.79. The molecule has 4 rings (SSSR count). The van der Waals surface area contributed by atoms with Crippen molar-refractivity contribution in [1.29, 1.82) is 0 Å². The summed E-state index contributed by atoms with van der Waals surface area (Å²) in [5, 5.41) is 6.49. The Hall–Kier alpha value is -2.08. The van der Waals surface area contributed by atoms with Crippen molar-refractivity contribution in [3.05, 3.63) is 18.2 Å². The Kier molecular flexibility index (Phi) is 3.72. The van der Waals surface area contributed by atoms with Gasteiger partial charge in [-0.1, -0.05) is 12.8 Å². The van der Waals surface area contributed by atoms with Crippen LogP contribution in [0.25, 0.3) is 0 Å². The maximum absolute atomic E-state index is 13.0. The first kappa shape index (κ1) is 15.4. The molecular formula is C18H23N3O3. The Morgan fingerprint density at radius 2 is 2.29 bits per heavy atom. The predicted octanol–water partition coefficient (Wildman–Crippen LogP) is 1.76. The van der Waals surface area contributed by atoms with Gasteiger partial charge in [0.1, 0.15) is 5.75 Å². The van der Waals surface area contributed by atoms with Crippen molar-refractivity contribution in [2.75, 3.05) is 37.0 Å². The first-order valence-corrected chi connectivity index (χ1v) is 8.66. The van der Waals surface area contributed by atoms with Gasteiger partial charge in [-0.05, 0) is 43.5 Å². The maximum Gasteiger partial charge on any atom is 0.264 e. The van der Waals surface area contributed by atoms with Crippen LogP contribution in [0.1, 0.15) is 25.7 Å². The normalized spacial score (nSPS) is 28.8. The molecule has 2 fully saturated rings. The van der Waals surface area contributed by atoms with Crippen LogP contribution in [-0.2, 0) is 9.59 Å². The molecular weight excluding hydrogens is 306 g/mol. The summed E-state index contributed by atoms with van der Waals surface area (Å²) in [4.78, 5) is 26.4. The van der Waals surface area contributed by atoms with E-state index in [1.165, 1.54) is 6.42 Å². The minimum Gasteiger partial charge on any atom is -0.482 e. The molecule has 1 saturated carbocycles. The largest absolute Gasteiger partial charge is 0.482 e. The number of hydrogen-bond acceptors (Lipinski definition) is 4. The van der Waals surface area contributed by atoms with Gasteiger partial charge in [0.25, 0.3) is 5.91 Å². The number of benzene rings is 1. The molecule has 3 aliphatic rings. The highest BCUT2D eigenvalue weighted by Crippen LogP contribution is 2.44. The van der Waals surface area contributed by atoms with Crippen LogP contribution in [0.3, 0.4) is 0 Å². The molecule has 0 radical (unpaired) electrons. The summed E-state index contributed by atoms with van der Waals surface area (Å²) in [6.45, 7) is 1.75. The molecule has 0 spiro atoms. The zero-order valence-electron chi connectivity index (χ0n) is 13.9. The average molecular weight is 329 g/mol. The third kappa shape index (κ3) is 2.36. The molecule has 6 heteroatoms. The second kappa shape index (κ2) is 5.77. The summed E-state index contributed by atoms with van der Waals surface area (Å²) in [6, 6.07) is 5.48. The van der Waals surface area contributed by atoms with Gasteiger partial charge in [0.05, 0.1) is 11.1 Å². The van der Waals surface area contributed by atoms with Gasteiger partial charge in [0.15, 0.2) is 6.61 Å². The van der Waals surface area contributed by atoms with E-state index in [-0.39, 0.29) is 23.8 Å². The minimum atomic E-state index is -0.285. The summed E-state index contributed by atoms with van der Waals surface area (Å²) in [5.41, 5.74) is 1.13. The standard InChI is InChI=1S/C18H23N3O3/c1-21-14-8-13(5-6-15(14)24-10-16(21)22)20-17(23)18-7-3-2-4-12(18)9-19-11-18/h5-6,8,12,19H,2-4,7,9-11H2,1H3,(H,20,23)/t12-,18+/m0/s1. The summed E-state index contributed by atoms with van der Waals surface area (Å²) in [7, 11) is 1.73. The summed E-state index contributed by atoms with van der Waals surface area (Å²) in [5.74, 6) is 1.11. The molecule has 0 bridgehead atoms. The highest BCUT2D eigenvalue weighted by Gasteiger charge is 2.49. The molecule has 128 valence electrons. The number of amides is 2. The van der Waals surface area contributed by atoms with E-state index in [1.54, 1.807) is 11.9 Å². The van der Waals surface area contributed by atoms with Gasteiger partial charge < -0.3 is 20.3 Å². The number of nitrogens with zero attached hydrogens (tertiary/aromatic N) is 1. The van der Waals surface area contributed by atoms with Crippen LogP contribution in [0.4, 0.5) is 11.4 Å². The Labute approximate surface area is 141 Å². The number of likely N-dealkylation sites (N-methyl/N-ethyl adjacent to an activating group) is 1. The van der Waals surface area contributed by atoms with E-state index in [9.17, 15) is 9.59 Å². The second-order valence-electron chi connectivity index (χ2n) is 7.11. The SMILES string of the molecule is CN1C(=O)COc2ccc(NC(=O)[C@@]34CCCC[C@H]3CNC4)cc21. The number of rotatable bonds is 2. The molecule has 1 aromatic rings. The Morgan fingerprint density at radius 3 is 3.17 bits per heavy atom. The number of hydrogen-bond donors (Lipinski definition) is 2. The monoisotopic (exact) mass is 329 g/mol. The number of carbonyl (C=O) groups is 2. The van der Waals surface area contributed by atoms with Crippen LogP contribution in [-0.4, -0.2) is 38.6 Å². The van der Waals surface area contributed by atoms with Crippen molar-refractivity contribution in [2.45, 2.75) is 25.7 Å². The number of ether oxygens (including phenoxy) is 1. The minimum absolute atomic E-state index is 0.0612. The van der Waals surface area contributed by atoms with Crippen LogP contribution >= 0.6 is 0 Å². The van der Waals surface area contributed by atoms with E-state index < -0.39 is 0 Å². The number of nitrogens with one attached hydrogen (secondary N) is 2. The van der Waals surface area contributed by atoms with E-state index in [1.807, 2.05) is 18.2 Å². The van der Waals surface area contributed by atoms with Crippen molar-refractivity contribution in [3.8, 4) is 5.75 Å². The molecule has 2 aliphatic heterocycles. The van der Waals surface area contributed by atoms with Crippen LogP contribution in [0.2, 0.25) is 0 Å². The lowest BCUT2D eigenvalue weighted by Crippen LogP contribution is -2.44. The highest BCUT2D eigenvalue weighted by atomic mass is 16.5. The number of anilines is 2. The summed E-state index contributed by atoms with van der Waals surface area (Å²) in [6.07, 6.45) is 4.39. The molecule has 24 heavy (non-hydrogen) atoms. The van der Waals surface area contributed by atoms with Gasteiger partial charge in [-0.2, -0.15) is 0 Å². The van der Waals surface area contributed by atoms with E-state index in [4.69, 9.17) is 4.74 Å². The van der Waals surface area contributed by atoms with Gasteiger partial charge in [0.2, 0.25) is 5.91 Å². The Morgan fingerprint density at radius 1 is 1.42 bits per heavy atom. The lowest BCUT2D eigenvalue weighted by atomic mass is 9.67. The topological polar surface area (TPSA) is 70.7 Å². The fourth-order valence-corrected chi connectivity index (χ4v) is 4.30. The first-order valence-electron chi connectivity index (χ1n) is 8.66. The van der Waals surface area contributed by atoms with Crippen molar-refractivity contribution in [2.24, 2.45) is 11.3 Å². The van der Waals surface area contributed by atoms with Gasteiger partial charge >= 0.3 is 0 Å². The average Bonchev–Trinajstić information content (AvgIpc) is 3.04. The zero-order valence-corrected chi connectivity index (χ0v) is 13.9. The zero-order chi connectivity index (χ0) is 16.7. The number of fused-ring (bicyclic) bond motifs is 2. The van der Waals surface area contributed by atoms with E-state index in [0.717, 1.165) is 38.0 Å². The summed E-state index contributed by atoms with van der Waals surface area (Å²) >= 11 is 0. The van der Waals surface area contributed by atoms with Gasteiger partial charge in [-0.15, -0.1) is 0 Å². The van der Waals surface area contributed by atoms with Gasteiger partial charge in [-0.3, -0.25) is 9.59 Å². The van der Waals surface area contributed by atoms with Crippen LogP contribution < -0.4 is 20.3 Å². The Bertz CT molecular complexity index is 690. The molecule has 2 heterocycles. The molecule has 1 aromatic carbocycles. The highest BCUT2D eigenvalue weighted by molar-refractivity contribution is 6.00. The molecule has 2 N–H and O–H groups in total. The lowest BCUT2D eigenvalue weighted by Gasteiger charge is -2.37. The molecule has 2 atom stereocenters. The number of carbonyl (C=O) groups excluding carboxylic acids is 2. The Balaban J connectivity index is 1.57. The maximum atomic E-state index is 13.0. The van der Waals surface area contributed by atoms with Crippen molar-refractivity contribution in [3.63, 3.8) is 0 Å². The smallest absolute Gasteiger partial charge is 0.264 e. The van der Waals surface area contributed by atoms with E-state index in [2.05, 4.69) is 10.6 Å².